The topological polar surface area (TPSA) is 96.9 Å². The van der Waals surface area contributed by atoms with Crippen molar-refractivity contribution < 1.29 is 24.2 Å². The third kappa shape index (κ3) is 2.90. The zero-order valence-corrected chi connectivity index (χ0v) is 12.1. The largest absolute Gasteiger partial charge is 0.482 e. The van der Waals surface area contributed by atoms with E-state index in [-0.39, 0.29) is 25.0 Å². The van der Waals surface area contributed by atoms with Crippen LogP contribution in [-0.4, -0.2) is 48.9 Å². The molecule has 2 aliphatic rings. The molecule has 1 aromatic rings. The first-order valence-electron chi connectivity index (χ1n) is 7.20. The lowest BCUT2D eigenvalue weighted by Crippen LogP contribution is -2.49. The summed E-state index contributed by atoms with van der Waals surface area (Å²) in [4.78, 5) is 23.7. The maximum atomic E-state index is 12.4. The van der Waals surface area contributed by atoms with Crippen LogP contribution in [0.5, 0.6) is 5.75 Å². The zero-order valence-electron chi connectivity index (χ0n) is 12.1. The fourth-order valence-electron chi connectivity index (χ4n) is 2.71. The number of benzene rings is 1. The first-order chi connectivity index (χ1) is 10.6. The Bertz CT molecular complexity index is 596. The second-order valence-corrected chi connectivity index (χ2v) is 5.56. The van der Waals surface area contributed by atoms with Crippen LogP contribution in [0.1, 0.15) is 23.2 Å². The third-order valence-corrected chi connectivity index (χ3v) is 3.95. The average molecular weight is 306 g/mol. The number of rotatable bonds is 4. The molecule has 22 heavy (non-hydrogen) atoms. The van der Waals surface area contributed by atoms with Gasteiger partial charge >= 0.3 is 0 Å². The van der Waals surface area contributed by atoms with Crippen molar-refractivity contribution in [1.82, 2.24) is 5.32 Å². The molecule has 1 unspecified atom stereocenters. The summed E-state index contributed by atoms with van der Waals surface area (Å²) in [6.45, 7) is 0.903. The van der Waals surface area contributed by atoms with Gasteiger partial charge in [-0.05, 0) is 31.0 Å². The fraction of sp³-hybridized carbons (Fsp3) is 0.467. The summed E-state index contributed by atoms with van der Waals surface area (Å²) >= 11 is 0. The summed E-state index contributed by atoms with van der Waals surface area (Å²) in [5.74, 6) is 0.0167. The number of nitrogens with one attached hydrogen (secondary N) is 2. The predicted molar refractivity (Wildman–Crippen MR) is 77.9 cm³/mol. The summed E-state index contributed by atoms with van der Waals surface area (Å²) in [5.41, 5.74) is 0.484. The van der Waals surface area contributed by atoms with E-state index in [1.165, 1.54) is 0 Å². The molecule has 2 heterocycles. The summed E-state index contributed by atoms with van der Waals surface area (Å²) in [6.07, 6.45) is 1.13. The molecule has 3 N–H and O–H groups in total. The van der Waals surface area contributed by atoms with Crippen molar-refractivity contribution in [3.05, 3.63) is 23.8 Å². The van der Waals surface area contributed by atoms with Gasteiger partial charge in [0.2, 0.25) is 0 Å². The van der Waals surface area contributed by atoms with Crippen molar-refractivity contribution in [2.24, 2.45) is 0 Å². The lowest BCUT2D eigenvalue weighted by atomic mass is 9.94. The molecule has 3 rings (SSSR count). The number of aliphatic hydroxyl groups excluding tert-OH is 1. The van der Waals surface area contributed by atoms with Crippen molar-refractivity contribution in [1.29, 1.82) is 0 Å². The van der Waals surface area contributed by atoms with Crippen molar-refractivity contribution in [2.75, 3.05) is 31.7 Å². The predicted octanol–water partition coefficient (Wildman–Crippen LogP) is 0.289. The lowest BCUT2D eigenvalue weighted by molar-refractivity contribution is -0.118. The molecule has 1 saturated heterocycles. The highest BCUT2D eigenvalue weighted by Crippen LogP contribution is 2.29. The Morgan fingerprint density at radius 1 is 1.45 bits per heavy atom. The molecule has 7 heteroatoms. The third-order valence-electron chi connectivity index (χ3n) is 3.95. The quantitative estimate of drug-likeness (QED) is 0.743. The zero-order chi connectivity index (χ0) is 15.6. The maximum absolute atomic E-state index is 12.4. The monoisotopic (exact) mass is 306 g/mol. The highest BCUT2D eigenvalue weighted by Gasteiger charge is 2.36. The van der Waals surface area contributed by atoms with E-state index in [1.807, 2.05) is 0 Å². The van der Waals surface area contributed by atoms with Crippen molar-refractivity contribution in [3.63, 3.8) is 0 Å². The van der Waals surface area contributed by atoms with Crippen molar-refractivity contribution in [3.8, 4) is 5.75 Å². The Hall–Kier alpha value is -2.12. The van der Waals surface area contributed by atoms with Gasteiger partial charge in [-0.3, -0.25) is 9.59 Å². The van der Waals surface area contributed by atoms with E-state index in [0.29, 0.717) is 43.1 Å². The van der Waals surface area contributed by atoms with E-state index in [1.54, 1.807) is 18.2 Å². The molecule has 118 valence electrons. The van der Waals surface area contributed by atoms with E-state index in [0.717, 1.165) is 0 Å². The number of hydrogen-bond acceptors (Lipinski definition) is 5. The molecule has 0 spiro atoms. The SMILES string of the molecule is O=C1COc2cc(C(=O)NC3(CCO)CCOC3)ccc2N1. The van der Waals surface area contributed by atoms with Gasteiger partial charge in [-0.15, -0.1) is 0 Å². The Morgan fingerprint density at radius 3 is 3.05 bits per heavy atom. The molecule has 1 atom stereocenters. The summed E-state index contributed by atoms with van der Waals surface area (Å²) < 4.78 is 10.7. The van der Waals surface area contributed by atoms with E-state index >= 15 is 0 Å². The molecule has 0 radical (unpaired) electrons. The second kappa shape index (κ2) is 5.94. The van der Waals surface area contributed by atoms with Gasteiger partial charge in [0, 0.05) is 18.8 Å². The summed E-state index contributed by atoms with van der Waals surface area (Å²) in [5, 5.41) is 14.8. The molecule has 1 aromatic carbocycles. The molecule has 2 aliphatic heterocycles. The number of carbonyl (C=O) groups excluding carboxylic acids is 2. The maximum Gasteiger partial charge on any atom is 0.262 e. The Labute approximate surface area is 127 Å². The Balaban J connectivity index is 1.76. The molecule has 0 saturated carbocycles. The van der Waals surface area contributed by atoms with Crippen LogP contribution < -0.4 is 15.4 Å². The van der Waals surface area contributed by atoms with E-state index in [2.05, 4.69) is 10.6 Å². The first kappa shape index (κ1) is 14.8. The highest BCUT2D eigenvalue weighted by molar-refractivity contribution is 5.99. The number of aliphatic hydroxyl groups is 1. The number of carbonyl (C=O) groups is 2. The molecule has 2 amide bonds. The lowest BCUT2D eigenvalue weighted by Gasteiger charge is -2.28. The van der Waals surface area contributed by atoms with Gasteiger partial charge in [-0.25, -0.2) is 0 Å². The van der Waals surface area contributed by atoms with Gasteiger partial charge in [0.15, 0.2) is 6.61 Å². The van der Waals surface area contributed by atoms with E-state index in [9.17, 15) is 14.7 Å². The number of fused-ring (bicyclic) bond motifs is 1. The average Bonchev–Trinajstić information content (AvgIpc) is 2.95. The number of amides is 2. The van der Waals surface area contributed by atoms with Crippen LogP contribution in [0.3, 0.4) is 0 Å². The van der Waals surface area contributed by atoms with Crippen LogP contribution in [0.15, 0.2) is 18.2 Å². The molecule has 0 aliphatic carbocycles. The number of anilines is 1. The molecule has 7 nitrogen and oxygen atoms in total. The molecule has 0 aromatic heterocycles. The van der Waals surface area contributed by atoms with Gasteiger partial charge in [0.05, 0.1) is 17.8 Å². The smallest absolute Gasteiger partial charge is 0.262 e. The van der Waals surface area contributed by atoms with Gasteiger partial charge in [-0.2, -0.15) is 0 Å². The van der Waals surface area contributed by atoms with Crippen LogP contribution in [0.25, 0.3) is 0 Å². The number of ether oxygens (including phenoxy) is 2. The standard InChI is InChI=1S/C15H18N2O5/c18-5-3-15(4-6-21-9-15)17-14(20)10-1-2-11-12(7-10)22-8-13(19)16-11/h1-2,7,18H,3-6,8-9H2,(H,16,19)(H,17,20). The minimum absolute atomic E-state index is 0.0109. The fourth-order valence-corrected chi connectivity index (χ4v) is 2.71. The second-order valence-electron chi connectivity index (χ2n) is 5.56. The minimum Gasteiger partial charge on any atom is -0.482 e. The highest BCUT2D eigenvalue weighted by atomic mass is 16.5. The van der Waals surface area contributed by atoms with Crippen LogP contribution >= 0.6 is 0 Å². The number of hydrogen-bond donors (Lipinski definition) is 3. The molecular weight excluding hydrogens is 288 g/mol. The van der Waals surface area contributed by atoms with Crippen LogP contribution in [0.4, 0.5) is 5.69 Å². The summed E-state index contributed by atoms with van der Waals surface area (Å²) in [6, 6.07) is 4.88. The van der Waals surface area contributed by atoms with Gasteiger partial charge in [0.1, 0.15) is 5.75 Å². The summed E-state index contributed by atoms with van der Waals surface area (Å²) in [7, 11) is 0. The van der Waals surface area contributed by atoms with E-state index in [4.69, 9.17) is 9.47 Å². The Kier molecular flexibility index (Phi) is 4.00. The molecule has 1 fully saturated rings. The molecular formula is C15H18N2O5. The minimum atomic E-state index is -0.517. The van der Waals surface area contributed by atoms with Crippen molar-refractivity contribution >= 4 is 17.5 Å². The normalized spacial score (nSPS) is 23.4. The van der Waals surface area contributed by atoms with Crippen LogP contribution in [0.2, 0.25) is 0 Å². The van der Waals surface area contributed by atoms with Gasteiger partial charge in [-0.1, -0.05) is 0 Å². The van der Waals surface area contributed by atoms with Gasteiger partial charge in [0.25, 0.3) is 11.8 Å². The van der Waals surface area contributed by atoms with Crippen molar-refractivity contribution in [2.45, 2.75) is 18.4 Å². The Morgan fingerprint density at radius 2 is 2.32 bits per heavy atom. The van der Waals surface area contributed by atoms with E-state index < -0.39 is 5.54 Å². The van der Waals surface area contributed by atoms with Gasteiger partial charge < -0.3 is 25.2 Å². The van der Waals surface area contributed by atoms with Crippen LogP contribution in [0, 0.1) is 0 Å². The molecule has 0 bridgehead atoms. The first-order valence-corrected chi connectivity index (χ1v) is 7.20. The van der Waals surface area contributed by atoms with Crippen LogP contribution in [-0.2, 0) is 9.53 Å².